The summed E-state index contributed by atoms with van der Waals surface area (Å²) in [6.07, 6.45) is 0. The maximum Gasteiger partial charge on any atom is 0.134 e. The van der Waals surface area contributed by atoms with Gasteiger partial charge < -0.3 is 9.73 Å². The number of nitrogens with one attached hydrogen (secondary N) is 1. The molecule has 0 unspecified atom stereocenters. The molecule has 1 aromatic carbocycles. The Labute approximate surface area is 81.5 Å². The van der Waals surface area contributed by atoms with Crippen LogP contribution in [0.5, 0.6) is 0 Å². The third-order valence-electron chi connectivity index (χ3n) is 1.88. The smallest absolute Gasteiger partial charge is 0.134 e. The van der Waals surface area contributed by atoms with Crippen molar-refractivity contribution in [3.05, 3.63) is 35.0 Å². The van der Waals surface area contributed by atoms with Gasteiger partial charge in [-0.2, -0.15) is 0 Å². The molecule has 2 rings (SSSR count). The lowest BCUT2D eigenvalue weighted by Crippen LogP contribution is -2.03. The molecular formula is C10H10ClNO. The highest BCUT2D eigenvalue weighted by molar-refractivity contribution is 6.31. The van der Waals surface area contributed by atoms with Crippen molar-refractivity contribution in [2.24, 2.45) is 0 Å². The Morgan fingerprint density at radius 2 is 2.23 bits per heavy atom. The first-order valence-corrected chi connectivity index (χ1v) is 4.50. The molecule has 1 aromatic heterocycles. The van der Waals surface area contributed by atoms with Crippen LogP contribution < -0.4 is 5.32 Å². The lowest BCUT2D eigenvalue weighted by Gasteiger charge is -1.90. The summed E-state index contributed by atoms with van der Waals surface area (Å²) in [6.45, 7) is 0.742. The number of rotatable bonds is 2. The Kier molecular flexibility index (Phi) is 2.25. The fraction of sp³-hybridized carbons (Fsp3) is 0.200. The van der Waals surface area contributed by atoms with Crippen LogP contribution in [0.15, 0.2) is 28.7 Å². The van der Waals surface area contributed by atoms with Crippen molar-refractivity contribution in [2.75, 3.05) is 7.05 Å². The van der Waals surface area contributed by atoms with Crippen LogP contribution in [-0.2, 0) is 6.54 Å². The number of furan rings is 1. The molecule has 1 N–H and O–H groups in total. The molecule has 0 radical (unpaired) electrons. The molecule has 0 amide bonds. The lowest BCUT2D eigenvalue weighted by atomic mass is 10.2. The zero-order chi connectivity index (χ0) is 9.26. The summed E-state index contributed by atoms with van der Waals surface area (Å²) in [5.41, 5.74) is 0.884. The minimum absolute atomic E-state index is 0.740. The molecule has 2 nitrogen and oxygen atoms in total. The Morgan fingerprint density at radius 1 is 1.38 bits per heavy atom. The van der Waals surface area contributed by atoms with E-state index in [9.17, 15) is 0 Å². The molecule has 0 spiro atoms. The van der Waals surface area contributed by atoms with E-state index in [2.05, 4.69) is 5.32 Å². The minimum atomic E-state index is 0.740. The van der Waals surface area contributed by atoms with Gasteiger partial charge in [-0.05, 0) is 31.3 Å². The molecule has 3 heteroatoms. The number of benzene rings is 1. The fourth-order valence-electron chi connectivity index (χ4n) is 1.33. The van der Waals surface area contributed by atoms with Crippen LogP contribution in [0.1, 0.15) is 5.76 Å². The Hall–Kier alpha value is -0.990. The summed E-state index contributed by atoms with van der Waals surface area (Å²) >= 11 is 5.85. The van der Waals surface area contributed by atoms with E-state index in [1.165, 1.54) is 0 Å². The Bertz CT molecular complexity index is 422. The zero-order valence-electron chi connectivity index (χ0n) is 7.30. The van der Waals surface area contributed by atoms with Crippen molar-refractivity contribution in [3.8, 4) is 0 Å². The molecule has 1 heterocycles. The molecule has 0 fully saturated rings. The van der Waals surface area contributed by atoms with E-state index in [1.54, 1.807) is 0 Å². The second kappa shape index (κ2) is 3.40. The van der Waals surface area contributed by atoms with Gasteiger partial charge in [-0.15, -0.1) is 0 Å². The standard InChI is InChI=1S/C10H10ClNO/c1-12-6-9-5-7-4-8(11)2-3-10(7)13-9/h2-5,12H,6H2,1H3. The maximum atomic E-state index is 5.85. The average Bonchev–Trinajstić information content (AvgIpc) is 2.46. The van der Waals surface area contributed by atoms with Gasteiger partial charge in [0.1, 0.15) is 11.3 Å². The van der Waals surface area contributed by atoms with E-state index in [0.29, 0.717) is 0 Å². The Morgan fingerprint density at radius 3 is 3.00 bits per heavy atom. The molecule has 2 aromatic rings. The minimum Gasteiger partial charge on any atom is -0.460 e. The van der Waals surface area contributed by atoms with Crippen LogP contribution in [0.4, 0.5) is 0 Å². The summed E-state index contributed by atoms with van der Waals surface area (Å²) < 4.78 is 5.54. The number of hydrogen-bond acceptors (Lipinski definition) is 2. The predicted octanol–water partition coefficient (Wildman–Crippen LogP) is 2.81. The molecule has 0 atom stereocenters. The van der Waals surface area contributed by atoms with Crippen LogP contribution in [0.2, 0.25) is 5.02 Å². The van der Waals surface area contributed by atoms with Gasteiger partial charge in [0.15, 0.2) is 0 Å². The van der Waals surface area contributed by atoms with E-state index in [-0.39, 0.29) is 0 Å². The van der Waals surface area contributed by atoms with Gasteiger partial charge >= 0.3 is 0 Å². The average molecular weight is 196 g/mol. The van der Waals surface area contributed by atoms with E-state index in [0.717, 1.165) is 28.3 Å². The van der Waals surface area contributed by atoms with E-state index >= 15 is 0 Å². The van der Waals surface area contributed by atoms with Crippen LogP contribution >= 0.6 is 11.6 Å². The summed E-state index contributed by atoms with van der Waals surface area (Å²) in [4.78, 5) is 0. The summed E-state index contributed by atoms with van der Waals surface area (Å²) in [6, 6.07) is 7.62. The molecule has 0 aliphatic carbocycles. The van der Waals surface area contributed by atoms with Crippen LogP contribution in [0.3, 0.4) is 0 Å². The van der Waals surface area contributed by atoms with Gasteiger partial charge in [-0.1, -0.05) is 11.6 Å². The van der Waals surface area contributed by atoms with Gasteiger partial charge in [-0.25, -0.2) is 0 Å². The summed E-state index contributed by atoms with van der Waals surface area (Å²) in [5, 5.41) is 4.83. The largest absolute Gasteiger partial charge is 0.460 e. The van der Waals surface area contributed by atoms with E-state index in [1.807, 2.05) is 31.3 Å². The second-order valence-corrected chi connectivity index (χ2v) is 3.36. The quantitative estimate of drug-likeness (QED) is 0.797. The van der Waals surface area contributed by atoms with Gasteiger partial charge in [0.25, 0.3) is 0 Å². The third kappa shape index (κ3) is 1.69. The fourth-order valence-corrected chi connectivity index (χ4v) is 1.51. The Balaban J connectivity index is 2.49. The third-order valence-corrected chi connectivity index (χ3v) is 2.12. The normalized spacial score (nSPS) is 10.9. The van der Waals surface area contributed by atoms with Gasteiger partial charge in [0.05, 0.1) is 6.54 Å². The van der Waals surface area contributed by atoms with E-state index in [4.69, 9.17) is 16.0 Å². The van der Waals surface area contributed by atoms with Crippen molar-refractivity contribution in [1.82, 2.24) is 5.32 Å². The lowest BCUT2D eigenvalue weighted by molar-refractivity contribution is 0.531. The summed E-state index contributed by atoms with van der Waals surface area (Å²) in [7, 11) is 1.89. The monoisotopic (exact) mass is 195 g/mol. The summed E-state index contributed by atoms with van der Waals surface area (Å²) in [5.74, 6) is 0.930. The first-order valence-electron chi connectivity index (χ1n) is 4.12. The molecule has 68 valence electrons. The molecule has 0 saturated heterocycles. The van der Waals surface area contributed by atoms with Gasteiger partial charge in [0.2, 0.25) is 0 Å². The highest BCUT2D eigenvalue weighted by Gasteiger charge is 2.02. The van der Waals surface area contributed by atoms with E-state index < -0.39 is 0 Å². The van der Waals surface area contributed by atoms with Crippen molar-refractivity contribution < 1.29 is 4.42 Å². The SMILES string of the molecule is CNCc1cc2cc(Cl)ccc2o1. The van der Waals surface area contributed by atoms with Crippen molar-refractivity contribution >= 4 is 22.6 Å². The first-order chi connectivity index (χ1) is 6.29. The molecule has 0 aliphatic heterocycles. The molecular weight excluding hydrogens is 186 g/mol. The van der Waals surface area contributed by atoms with Crippen molar-refractivity contribution in [2.45, 2.75) is 6.54 Å². The molecule has 0 aliphatic rings. The molecule has 0 bridgehead atoms. The molecule has 13 heavy (non-hydrogen) atoms. The topological polar surface area (TPSA) is 25.2 Å². The van der Waals surface area contributed by atoms with Crippen molar-refractivity contribution in [1.29, 1.82) is 0 Å². The van der Waals surface area contributed by atoms with Crippen LogP contribution in [0, 0.1) is 0 Å². The predicted molar refractivity (Wildman–Crippen MR) is 54.0 cm³/mol. The van der Waals surface area contributed by atoms with Crippen molar-refractivity contribution in [3.63, 3.8) is 0 Å². The number of halogens is 1. The maximum absolute atomic E-state index is 5.85. The number of hydrogen-bond donors (Lipinski definition) is 1. The van der Waals surface area contributed by atoms with Gasteiger partial charge in [0, 0.05) is 10.4 Å². The van der Waals surface area contributed by atoms with Gasteiger partial charge in [-0.3, -0.25) is 0 Å². The zero-order valence-corrected chi connectivity index (χ0v) is 8.06. The highest BCUT2D eigenvalue weighted by atomic mass is 35.5. The highest BCUT2D eigenvalue weighted by Crippen LogP contribution is 2.22. The molecule has 0 saturated carbocycles. The first kappa shape index (κ1) is 8.60. The van der Waals surface area contributed by atoms with Crippen LogP contribution in [0.25, 0.3) is 11.0 Å². The van der Waals surface area contributed by atoms with Crippen LogP contribution in [-0.4, -0.2) is 7.05 Å². The number of fused-ring (bicyclic) bond motifs is 1. The second-order valence-electron chi connectivity index (χ2n) is 2.93.